The topological polar surface area (TPSA) is 65.6 Å². The number of benzene rings is 1. The number of hydrogen-bond acceptors (Lipinski definition) is 3. The molecule has 1 fully saturated rings. The predicted octanol–water partition coefficient (Wildman–Crippen LogP) is 2.98. The first-order valence-corrected chi connectivity index (χ1v) is 7.49. The molecular formula is C15H15BrN2O3. The van der Waals surface area contributed by atoms with Crippen molar-refractivity contribution in [2.45, 2.75) is 0 Å². The number of anilines is 1. The molecule has 0 unspecified atom stereocenters. The third-order valence-corrected chi connectivity index (χ3v) is 4.08. The molecule has 2 aromatic rings. The van der Waals surface area contributed by atoms with Gasteiger partial charge in [0.15, 0.2) is 0 Å². The predicted molar refractivity (Wildman–Crippen MR) is 83.9 cm³/mol. The highest BCUT2D eigenvalue weighted by molar-refractivity contribution is 9.10. The first kappa shape index (κ1) is 14.2. The number of hydrogen-bond donors (Lipinski definition) is 2. The van der Waals surface area contributed by atoms with Crippen LogP contribution in [0.3, 0.4) is 0 Å². The lowest BCUT2D eigenvalue weighted by atomic mass is 10.1. The number of carboxylic acid groups (broad SMARTS) is 1. The Labute approximate surface area is 130 Å². The van der Waals surface area contributed by atoms with Crippen molar-refractivity contribution in [1.29, 1.82) is 0 Å². The molecule has 1 aromatic heterocycles. The smallest absolute Gasteiger partial charge is 0.354 e. The second-order valence-electron chi connectivity index (χ2n) is 4.84. The first-order chi connectivity index (χ1) is 10.2. The van der Waals surface area contributed by atoms with Gasteiger partial charge in [0.25, 0.3) is 0 Å². The van der Waals surface area contributed by atoms with Gasteiger partial charge in [0.1, 0.15) is 5.69 Å². The van der Waals surface area contributed by atoms with E-state index in [1.165, 1.54) is 0 Å². The van der Waals surface area contributed by atoms with E-state index >= 15 is 0 Å². The van der Waals surface area contributed by atoms with Crippen LogP contribution in [0.1, 0.15) is 10.5 Å². The van der Waals surface area contributed by atoms with Crippen molar-refractivity contribution in [3.8, 4) is 11.1 Å². The van der Waals surface area contributed by atoms with Crippen LogP contribution in [0, 0.1) is 0 Å². The Bertz CT molecular complexity index is 645. The summed E-state index contributed by atoms with van der Waals surface area (Å²) in [5.74, 6) is -0.945. The number of H-pyrrole nitrogens is 1. The second kappa shape index (κ2) is 5.91. The van der Waals surface area contributed by atoms with E-state index in [2.05, 4.69) is 25.8 Å². The van der Waals surface area contributed by atoms with E-state index < -0.39 is 5.97 Å². The maximum atomic E-state index is 11.5. The maximum Gasteiger partial charge on any atom is 0.354 e. The zero-order chi connectivity index (χ0) is 14.8. The van der Waals surface area contributed by atoms with Gasteiger partial charge in [-0.3, -0.25) is 0 Å². The second-order valence-corrected chi connectivity index (χ2v) is 5.75. The van der Waals surface area contributed by atoms with E-state index in [4.69, 9.17) is 4.74 Å². The summed E-state index contributed by atoms with van der Waals surface area (Å²) in [7, 11) is 0. The fourth-order valence-corrected chi connectivity index (χ4v) is 2.81. The highest BCUT2D eigenvalue weighted by Crippen LogP contribution is 2.35. The van der Waals surface area contributed by atoms with Crippen molar-refractivity contribution >= 4 is 27.6 Å². The van der Waals surface area contributed by atoms with Crippen molar-refractivity contribution in [3.63, 3.8) is 0 Å². The largest absolute Gasteiger partial charge is 0.477 e. The van der Waals surface area contributed by atoms with Crippen LogP contribution in [0.25, 0.3) is 11.1 Å². The average molecular weight is 351 g/mol. The van der Waals surface area contributed by atoms with E-state index in [-0.39, 0.29) is 5.69 Å². The fraction of sp³-hybridized carbons (Fsp3) is 0.267. The monoisotopic (exact) mass is 350 g/mol. The molecule has 1 aliphatic heterocycles. The Balaban J connectivity index is 2.07. The SMILES string of the molecule is O=C(O)c1[nH]cc(-c2ccc(Br)cc2)c1N1CCOCC1. The molecule has 1 aliphatic rings. The average Bonchev–Trinajstić information content (AvgIpc) is 2.94. The number of rotatable bonds is 3. The van der Waals surface area contributed by atoms with Gasteiger partial charge in [0, 0.05) is 29.3 Å². The van der Waals surface area contributed by atoms with Crippen LogP contribution in [0.15, 0.2) is 34.9 Å². The standard InChI is InChI=1S/C15H15BrN2O3/c16-11-3-1-10(2-4-11)12-9-17-13(15(19)20)14(12)18-5-7-21-8-6-18/h1-4,9,17H,5-8H2,(H,19,20). The number of aromatic amines is 1. The van der Waals surface area contributed by atoms with Gasteiger partial charge in [-0.2, -0.15) is 0 Å². The van der Waals surface area contributed by atoms with E-state index in [9.17, 15) is 9.90 Å². The molecular weight excluding hydrogens is 336 g/mol. The molecule has 5 nitrogen and oxygen atoms in total. The van der Waals surface area contributed by atoms with E-state index in [1.807, 2.05) is 24.3 Å². The van der Waals surface area contributed by atoms with Gasteiger partial charge < -0.3 is 19.7 Å². The molecule has 0 spiro atoms. The molecule has 2 N–H and O–H groups in total. The molecule has 6 heteroatoms. The minimum absolute atomic E-state index is 0.231. The number of carbonyl (C=O) groups is 1. The summed E-state index contributed by atoms with van der Waals surface area (Å²) >= 11 is 3.41. The number of carboxylic acids is 1. The zero-order valence-electron chi connectivity index (χ0n) is 11.3. The van der Waals surface area contributed by atoms with Crippen LogP contribution >= 0.6 is 15.9 Å². The highest BCUT2D eigenvalue weighted by Gasteiger charge is 2.24. The Morgan fingerprint density at radius 3 is 2.52 bits per heavy atom. The Hall–Kier alpha value is -1.79. The van der Waals surface area contributed by atoms with Gasteiger partial charge in [0.05, 0.1) is 18.9 Å². The summed E-state index contributed by atoms with van der Waals surface area (Å²) in [6.07, 6.45) is 1.76. The lowest BCUT2D eigenvalue weighted by Crippen LogP contribution is -2.37. The summed E-state index contributed by atoms with van der Waals surface area (Å²) in [5, 5.41) is 9.40. The summed E-state index contributed by atoms with van der Waals surface area (Å²) < 4.78 is 6.35. The first-order valence-electron chi connectivity index (χ1n) is 6.70. The van der Waals surface area contributed by atoms with Crippen molar-refractivity contribution in [2.75, 3.05) is 31.2 Å². The van der Waals surface area contributed by atoms with E-state index in [1.54, 1.807) is 6.20 Å². The van der Waals surface area contributed by atoms with Gasteiger partial charge in [-0.1, -0.05) is 28.1 Å². The third-order valence-electron chi connectivity index (χ3n) is 3.55. The number of nitrogens with one attached hydrogen (secondary N) is 1. The lowest BCUT2D eigenvalue weighted by Gasteiger charge is -2.29. The minimum Gasteiger partial charge on any atom is -0.477 e. The van der Waals surface area contributed by atoms with Crippen molar-refractivity contribution in [1.82, 2.24) is 4.98 Å². The molecule has 0 radical (unpaired) electrons. The maximum absolute atomic E-state index is 11.5. The van der Waals surface area contributed by atoms with Crippen LogP contribution in [-0.2, 0) is 4.74 Å². The molecule has 3 rings (SSSR count). The van der Waals surface area contributed by atoms with E-state index in [0.717, 1.165) is 21.3 Å². The summed E-state index contributed by atoms with van der Waals surface area (Å²) in [6.45, 7) is 2.62. The molecule has 0 saturated carbocycles. The molecule has 1 aromatic carbocycles. The fourth-order valence-electron chi connectivity index (χ4n) is 2.54. The molecule has 0 atom stereocenters. The molecule has 0 aliphatic carbocycles. The van der Waals surface area contributed by atoms with Crippen LogP contribution in [0.5, 0.6) is 0 Å². The molecule has 1 saturated heterocycles. The van der Waals surface area contributed by atoms with Gasteiger partial charge in [0.2, 0.25) is 0 Å². The molecule has 21 heavy (non-hydrogen) atoms. The minimum atomic E-state index is -0.945. The van der Waals surface area contributed by atoms with Gasteiger partial charge in [-0.15, -0.1) is 0 Å². The quantitative estimate of drug-likeness (QED) is 0.892. The Morgan fingerprint density at radius 2 is 1.90 bits per heavy atom. The lowest BCUT2D eigenvalue weighted by molar-refractivity contribution is 0.0690. The third kappa shape index (κ3) is 2.82. The number of ether oxygens (including phenoxy) is 1. The van der Waals surface area contributed by atoms with E-state index in [0.29, 0.717) is 26.3 Å². The van der Waals surface area contributed by atoms with Crippen LogP contribution < -0.4 is 4.90 Å². The number of nitrogens with zero attached hydrogens (tertiary/aromatic N) is 1. The van der Waals surface area contributed by atoms with Gasteiger partial charge in [-0.25, -0.2) is 4.79 Å². The normalized spacial score (nSPS) is 15.2. The van der Waals surface area contributed by atoms with Crippen molar-refractivity contribution in [2.24, 2.45) is 0 Å². The summed E-state index contributed by atoms with van der Waals surface area (Å²) in [5.41, 5.74) is 2.87. The summed E-state index contributed by atoms with van der Waals surface area (Å²) in [6, 6.07) is 7.85. The Kier molecular flexibility index (Phi) is 3.98. The van der Waals surface area contributed by atoms with Crippen molar-refractivity contribution in [3.05, 3.63) is 40.6 Å². The number of aromatic nitrogens is 1. The van der Waals surface area contributed by atoms with Crippen LogP contribution in [0.4, 0.5) is 5.69 Å². The van der Waals surface area contributed by atoms with Crippen molar-refractivity contribution < 1.29 is 14.6 Å². The van der Waals surface area contributed by atoms with Crippen LogP contribution in [-0.4, -0.2) is 42.4 Å². The summed E-state index contributed by atoms with van der Waals surface area (Å²) in [4.78, 5) is 16.4. The molecule has 110 valence electrons. The van der Waals surface area contributed by atoms with Gasteiger partial charge in [-0.05, 0) is 17.7 Å². The molecule has 2 heterocycles. The van der Waals surface area contributed by atoms with Crippen LogP contribution in [0.2, 0.25) is 0 Å². The zero-order valence-corrected chi connectivity index (χ0v) is 12.9. The van der Waals surface area contributed by atoms with Gasteiger partial charge >= 0.3 is 5.97 Å². The number of halogens is 1. The molecule has 0 amide bonds. The number of morpholine rings is 1. The molecule has 0 bridgehead atoms. The number of aromatic carboxylic acids is 1. The highest BCUT2D eigenvalue weighted by atomic mass is 79.9. The Morgan fingerprint density at radius 1 is 1.24 bits per heavy atom.